The highest BCUT2D eigenvalue weighted by Crippen LogP contribution is 2.43. The third-order valence-corrected chi connectivity index (χ3v) is 7.62. The van der Waals surface area contributed by atoms with Gasteiger partial charge < -0.3 is 19.5 Å². The summed E-state index contributed by atoms with van der Waals surface area (Å²) < 4.78 is 17.2. The summed E-state index contributed by atoms with van der Waals surface area (Å²) in [6.07, 6.45) is 2.18. The van der Waals surface area contributed by atoms with Crippen LogP contribution in [0.4, 0.5) is 5.69 Å². The Hall–Kier alpha value is -4.36. The topological polar surface area (TPSA) is 73.9 Å². The predicted octanol–water partition coefficient (Wildman–Crippen LogP) is 8.16. The van der Waals surface area contributed by atoms with Crippen LogP contribution in [0.1, 0.15) is 58.9 Å². The maximum Gasteiger partial charge on any atom is 0.353 e. The Labute approximate surface area is 239 Å². The lowest BCUT2D eigenvalue weighted by Crippen LogP contribution is -2.32. The third-order valence-electron chi connectivity index (χ3n) is 6.77. The number of thiophene rings is 1. The van der Waals surface area contributed by atoms with Crippen LogP contribution >= 0.6 is 11.3 Å². The lowest BCUT2D eigenvalue weighted by molar-refractivity contribution is 0.0473. The summed E-state index contributed by atoms with van der Waals surface area (Å²) in [5.41, 5.74) is 6.90. The summed E-state index contributed by atoms with van der Waals surface area (Å²) >= 11 is 1.32. The van der Waals surface area contributed by atoms with Crippen LogP contribution in [0.2, 0.25) is 0 Å². The van der Waals surface area contributed by atoms with Crippen LogP contribution in [0.25, 0.3) is 16.7 Å². The molecule has 7 heteroatoms. The predicted molar refractivity (Wildman–Crippen MR) is 161 cm³/mol. The fraction of sp³-hybridized carbons (Fsp3) is 0.212. The minimum absolute atomic E-state index is 0. The fourth-order valence-electron chi connectivity index (χ4n) is 5.02. The van der Waals surface area contributed by atoms with Crippen molar-refractivity contribution in [3.63, 3.8) is 0 Å². The number of fused-ring (bicyclic) bond motifs is 1. The number of aryl methyl sites for hydroxylation is 1. The molecule has 0 unspecified atom stereocenters. The van der Waals surface area contributed by atoms with Crippen LogP contribution in [0.3, 0.4) is 0 Å². The number of anilines is 1. The molecular formula is C33H33NO5S. The molecule has 0 atom stereocenters. The van der Waals surface area contributed by atoms with Crippen LogP contribution < -0.4 is 14.8 Å². The Balaban J connectivity index is 0.00000387. The van der Waals surface area contributed by atoms with Crippen LogP contribution in [0.15, 0.2) is 78.2 Å². The molecule has 0 saturated heterocycles. The van der Waals surface area contributed by atoms with Gasteiger partial charge in [-0.3, -0.25) is 0 Å². The van der Waals surface area contributed by atoms with E-state index in [1.54, 1.807) is 43.5 Å². The zero-order valence-electron chi connectivity index (χ0n) is 23.2. The van der Waals surface area contributed by atoms with Crippen LogP contribution in [-0.2, 0) is 11.3 Å². The lowest BCUT2D eigenvalue weighted by Gasteiger charge is -2.33. The number of nitrogens with one attached hydrogen (secondary N) is 1. The second kappa shape index (κ2) is 11.0. The molecule has 206 valence electrons. The number of carbonyl (C=O) groups is 2. The first-order valence-electron chi connectivity index (χ1n) is 13.0. The summed E-state index contributed by atoms with van der Waals surface area (Å²) in [5, 5.41) is 5.41. The fourth-order valence-corrected chi connectivity index (χ4v) is 5.62. The normalized spacial score (nSPS) is 13.5. The molecule has 40 heavy (non-hydrogen) atoms. The van der Waals surface area contributed by atoms with E-state index < -0.39 is 11.9 Å². The van der Waals surface area contributed by atoms with E-state index in [9.17, 15) is 9.59 Å². The van der Waals surface area contributed by atoms with E-state index in [-0.39, 0.29) is 13.6 Å². The first kappa shape index (κ1) is 27.2. The van der Waals surface area contributed by atoms with E-state index in [2.05, 4.69) is 32.2 Å². The van der Waals surface area contributed by atoms with Crippen molar-refractivity contribution in [1.82, 2.24) is 0 Å². The molecule has 5 rings (SSSR count). The van der Waals surface area contributed by atoms with Crippen LogP contribution in [-0.4, -0.2) is 24.6 Å². The largest absolute Gasteiger partial charge is 0.496 e. The molecule has 4 aromatic rings. The zero-order valence-corrected chi connectivity index (χ0v) is 24.0. The maximum absolute atomic E-state index is 13.0. The molecule has 3 aromatic carbocycles. The molecule has 0 fully saturated rings. The molecule has 2 heterocycles. The Morgan fingerprint density at radius 1 is 0.950 bits per heavy atom. The number of hydrogen-bond donors (Lipinski definition) is 1. The monoisotopic (exact) mass is 555 g/mol. The van der Waals surface area contributed by atoms with E-state index in [0.717, 1.165) is 39.1 Å². The van der Waals surface area contributed by atoms with Crippen molar-refractivity contribution in [1.29, 1.82) is 0 Å². The van der Waals surface area contributed by atoms with E-state index in [1.165, 1.54) is 11.3 Å². The van der Waals surface area contributed by atoms with Crippen molar-refractivity contribution in [2.75, 3.05) is 12.4 Å². The van der Waals surface area contributed by atoms with Crippen molar-refractivity contribution in [2.45, 2.75) is 39.8 Å². The highest BCUT2D eigenvalue weighted by molar-refractivity contribution is 7.12. The number of ether oxygens (including phenoxy) is 3. The Bertz CT molecular complexity index is 1610. The smallest absolute Gasteiger partial charge is 0.353 e. The SMILES string of the molecule is COc1cc(OC(=O)c2cccs2)ccc1-c1ccc2c(c1COC(=O)c1ccc(C)cc1)C(C)=CC(C)(C)N2.[HH]. The van der Waals surface area contributed by atoms with Crippen molar-refractivity contribution >= 4 is 34.5 Å². The number of methoxy groups -OCH3 is 1. The number of benzene rings is 3. The molecule has 1 aromatic heterocycles. The van der Waals surface area contributed by atoms with Gasteiger partial charge in [-0.15, -0.1) is 11.3 Å². The lowest BCUT2D eigenvalue weighted by atomic mass is 9.85. The van der Waals surface area contributed by atoms with Crippen molar-refractivity contribution in [2.24, 2.45) is 0 Å². The van der Waals surface area contributed by atoms with Gasteiger partial charge in [-0.05, 0) is 80.6 Å². The second-order valence-electron chi connectivity index (χ2n) is 10.4. The molecule has 0 aliphatic carbocycles. The van der Waals surface area contributed by atoms with Gasteiger partial charge in [0.2, 0.25) is 0 Å². The highest BCUT2D eigenvalue weighted by Gasteiger charge is 2.27. The third kappa shape index (κ3) is 5.65. The summed E-state index contributed by atoms with van der Waals surface area (Å²) in [4.78, 5) is 26.0. The van der Waals surface area contributed by atoms with E-state index >= 15 is 0 Å². The van der Waals surface area contributed by atoms with Gasteiger partial charge in [-0.1, -0.05) is 35.9 Å². The summed E-state index contributed by atoms with van der Waals surface area (Å²) in [7, 11) is 1.58. The molecule has 0 bridgehead atoms. The first-order valence-corrected chi connectivity index (χ1v) is 13.8. The van der Waals surface area contributed by atoms with Gasteiger partial charge in [0.15, 0.2) is 0 Å². The summed E-state index contributed by atoms with van der Waals surface area (Å²) in [5.74, 6) is 0.103. The Morgan fingerprint density at radius 2 is 1.70 bits per heavy atom. The number of carbonyl (C=O) groups excluding carboxylic acids is 2. The number of rotatable bonds is 7. The highest BCUT2D eigenvalue weighted by atomic mass is 32.1. The van der Waals surface area contributed by atoms with Crippen LogP contribution in [0.5, 0.6) is 11.5 Å². The number of hydrogen-bond acceptors (Lipinski definition) is 7. The summed E-state index contributed by atoms with van der Waals surface area (Å²) in [6.45, 7) is 8.34. The first-order chi connectivity index (χ1) is 19.1. The number of allylic oxidation sites excluding steroid dienone is 1. The van der Waals surface area contributed by atoms with Crippen LogP contribution in [0, 0.1) is 6.92 Å². The van der Waals surface area contributed by atoms with Gasteiger partial charge >= 0.3 is 11.9 Å². The average molecular weight is 556 g/mol. The quantitative estimate of drug-likeness (QED) is 0.183. The minimum Gasteiger partial charge on any atom is -0.496 e. The number of esters is 2. The van der Waals surface area contributed by atoms with Gasteiger partial charge in [-0.2, -0.15) is 0 Å². The van der Waals surface area contributed by atoms with E-state index in [1.807, 2.05) is 42.6 Å². The Kier molecular flexibility index (Phi) is 7.50. The molecule has 1 aliphatic heterocycles. The molecule has 0 saturated carbocycles. The zero-order chi connectivity index (χ0) is 28.4. The average Bonchev–Trinajstić information content (AvgIpc) is 3.46. The molecule has 1 N–H and O–H groups in total. The molecule has 1 aliphatic rings. The Morgan fingerprint density at radius 3 is 2.40 bits per heavy atom. The van der Waals surface area contributed by atoms with Gasteiger partial charge in [0.05, 0.1) is 18.2 Å². The van der Waals surface area contributed by atoms with Crippen molar-refractivity contribution in [3.8, 4) is 22.6 Å². The molecule has 0 amide bonds. The maximum atomic E-state index is 13.0. The standard InChI is InChI=1S/C33H31NO5S.H2/c1-20-8-10-22(11-9-20)31(35)38-19-26-24(14-15-27-30(26)21(2)18-33(3,4)34-27)25-13-12-23(17-28(25)37-5)39-32(36)29-7-6-16-40-29;/h6-18,34H,19H2,1-5H3;1H. The molecule has 0 radical (unpaired) electrons. The van der Waals surface area contributed by atoms with E-state index in [4.69, 9.17) is 14.2 Å². The van der Waals surface area contributed by atoms with Gasteiger partial charge in [-0.25, -0.2) is 9.59 Å². The van der Waals surface area contributed by atoms with Gasteiger partial charge in [0, 0.05) is 29.9 Å². The van der Waals surface area contributed by atoms with E-state index in [0.29, 0.717) is 21.9 Å². The molecule has 6 nitrogen and oxygen atoms in total. The van der Waals surface area contributed by atoms with Crippen molar-refractivity contribution in [3.05, 3.63) is 105 Å². The van der Waals surface area contributed by atoms with Gasteiger partial charge in [0.1, 0.15) is 23.0 Å². The minimum atomic E-state index is -0.420. The molecular weight excluding hydrogens is 522 g/mol. The van der Waals surface area contributed by atoms with Gasteiger partial charge in [0.25, 0.3) is 0 Å². The van der Waals surface area contributed by atoms with Crippen molar-refractivity contribution < 1.29 is 25.2 Å². The second-order valence-corrected chi connectivity index (χ2v) is 11.3. The molecule has 0 spiro atoms. The summed E-state index contributed by atoms with van der Waals surface area (Å²) in [6, 6.07) is 20.2.